The number of benzene rings is 1. The minimum atomic E-state index is -1.54. The van der Waals surface area contributed by atoms with E-state index in [0.29, 0.717) is 15.6 Å². The van der Waals surface area contributed by atoms with Gasteiger partial charge in [-0.1, -0.05) is 23.7 Å². The molecule has 0 aliphatic rings. The van der Waals surface area contributed by atoms with E-state index in [1.165, 1.54) is 0 Å². The van der Waals surface area contributed by atoms with Gasteiger partial charge in [0.25, 0.3) is 5.56 Å². The number of aromatic carboxylic acids is 1. The van der Waals surface area contributed by atoms with E-state index >= 15 is 0 Å². The molecule has 2 heterocycles. The summed E-state index contributed by atoms with van der Waals surface area (Å²) in [5.74, 6) is -2.61. The lowest BCUT2D eigenvalue weighted by Crippen LogP contribution is -2.28. The Balaban J connectivity index is 1.77. The van der Waals surface area contributed by atoms with E-state index in [9.17, 15) is 19.5 Å². The first-order valence-corrected chi connectivity index (χ1v) is 9.04. The summed E-state index contributed by atoms with van der Waals surface area (Å²) in [5, 5.41) is 26.1. The quantitative estimate of drug-likeness (QED) is 0.429. The fourth-order valence-corrected chi connectivity index (χ4v) is 3.19. The molecule has 144 valence electrons. The second-order valence-electron chi connectivity index (χ2n) is 5.51. The third-order valence-electron chi connectivity index (χ3n) is 3.59. The maximum atomic E-state index is 12.2. The van der Waals surface area contributed by atoms with Crippen LogP contribution in [0.3, 0.4) is 0 Å². The van der Waals surface area contributed by atoms with E-state index < -0.39 is 29.0 Å². The van der Waals surface area contributed by atoms with Gasteiger partial charge in [0.15, 0.2) is 11.5 Å². The molecule has 0 saturated heterocycles. The molecule has 9 nitrogen and oxygen atoms in total. The molecule has 0 spiro atoms. The van der Waals surface area contributed by atoms with Gasteiger partial charge in [0.1, 0.15) is 0 Å². The number of hydrogen-bond acceptors (Lipinski definition) is 6. The van der Waals surface area contributed by atoms with Gasteiger partial charge in [-0.25, -0.2) is 14.6 Å². The van der Waals surface area contributed by atoms with E-state index in [4.69, 9.17) is 16.7 Å². The Kier molecular flexibility index (Phi) is 5.62. The smallest absolute Gasteiger partial charge is 0.358 e. The van der Waals surface area contributed by atoms with Crippen molar-refractivity contribution in [3.05, 3.63) is 62.3 Å². The molecule has 1 aromatic carbocycles. The van der Waals surface area contributed by atoms with Gasteiger partial charge in [0.2, 0.25) is 5.75 Å². The Morgan fingerprint density at radius 3 is 2.61 bits per heavy atom. The Morgan fingerprint density at radius 1 is 1.21 bits per heavy atom. The third-order valence-corrected chi connectivity index (χ3v) is 4.77. The molecule has 2 amide bonds. The zero-order chi connectivity index (χ0) is 20.3. The first-order chi connectivity index (χ1) is 13.3. The summed E-state index contributed by atoms with van der Waals surface area (Å²) in [5.41, 5.74) is -0.594. The third kappa shape index (κ3) is 4.30. The average molecular weight is 421 g/mol. The van der Waals surface area contributed by atoms with Crippen LogP contribution in [0.25, 0.3) is 10.7 Å². The van der Waals surface area contributed by atoms with Gasteiger partial charge in [-0.3, -0.25) is 4.79 Å². The minimum Gasteiger partial charge on any atom is -0.501 e. The van der Waals surface area contributed by atoms with Crippen LogP contribution in [0.1, 0.15) is 16.1 Å². The van der Waals surface area contributed by atoms with Crippen LogP contribution in [0.4, 0.5) is 10.5 Å². The summed E-state index contributed by atoms with van der Waals surface area (Å²) < 4.78 is 0. The number of carbonyl (C=O) groups excluding carboxylic acids is 1. The molecule has 5 N–H and O–H groups in total. The van der Waals surface area contributed by atoms with Crippen molar-refractivity contribution in [2.24, 2.45) is 0 Å². The highest BCUT2D eigenvalue weighted by Gasteiger charge is 2.20. The highest BCUT2D eigenvalue weighted by atomic mass is 35.5. The number of hydrogen-bond donors (Lipinski definition) is 5. The highest BCUT2D eigenvalue weighted by Crippen LogP contribution is 2.31. The number of aromatic hydroxyl groups is 1. The van der Waals surface area contributed by atoms with Crippen molar-refractivity contribution >= 4 is 40.6 Å². The van der Waals surface area contributed by atoms with Crippen LogP contribution in [0, 0.1) is 0 Å². The number of thiophene rings is 1. The second-order valence-corrected chi connectivity index (χ2v) is 6.87. The molecule has 0 bridgehead atoms. The normalized spacial score (nSPS) is 10.5. The van der Waals surface area contributed by atoms with Gasteiger partial charge in [0, 0.05) is 11.6 Å². The number of carbonyl (C=O) groups is 2. The zero-order valence-corrected chi connectivity index (χ0v) is 15.6. The van der Waals surface area contributed by atoms with Crippen molar-refractivity contribution in [1.29, 1.82) is 0 Å². The van der Waals surface area contributed by atoms with Crippen molar-refractivity contribution in [3.8, 4) is 16.5 Å². The first-order valence-electron chi connectivity index (χ1n) is 7.79. The number of halogens is 1. The van der Waals surface area contributed by atoms with Crippen molar-refractivity contribution in [2.75, 3.05) is 5.32 Å². The van der Waals surface area contributed by atoms with Crippen LogP contribution in [-0.2, 0) is 6.54 Å². The molecular weight excluding hydrogens is 408 g/mol. The van der Waals surface area contributed by atoms with Crippen molar-refractivity contribution in [1.82, 2.24) is 15.3 Å². The summed E-state index contributed by atoms with van der Waals surface area (Å²) in [6, 6.07) is 8.04. The fraction of sp³-hybridized carbons (Fsp3) is 0.0588. The number of aromatic amines is 1. The van der Waals surface area contributed by atoms with Crippen LogP contribution in [0.15, 0.2) is 40.5 Å². The number of rotatable bonds is 5. The van der Waals surface area contributed by atoms with Gasteiger partial charge < -0.3 is 25.8 Å². The summed E-state index contributed by atoms with van der Waals surface area (Å²) in [6.45, 7) is 0.264. The maximum absolute atomic E-state index is 12.2. The molecule has 11 heteroatoms. The highest BCUT2D eigenvalue weighted by molar-refractivity contribution is 7.14. The van der Waals surface area contributed by atoms with Crippen LogP contribution in [0.2, 0.25) is 5.02 Å². The maximum Gasteiger partial charge on any atom is 0.358 e. The van der Waals surface area contributed by atoms with Crippen LogP contribution in [0.5, 0.6) is 5.75 Å². The van der Waals surface area contributed by atoms with Gasteiger partial charge >= 0.3 is 12.0 Å². The van der Waals surface area contributed by atoms with E-state index in [2.05, 4.69) is 20.6 Å². The summed E-state index contributed by atoms with van der Waals surface area (Å²) in [4.78, 5) is 41.5. The Morgan fingerprint density at radius 2 is 1.93 bits per heavy atom. The SMILES string of the molecule is O=C(NCc1ccc(Cl)cc1)Nc1ccsc1-c1nc(C(=O)O)c(O)c(=O)[nH]1. The lowest BCUT2D eigenvalue weighted by molar-refractivity contribution is 0.0686. The summed E-state index contributed by atoms with van der Waals surface area (Å²) in [7, 11) is 0. The predicted molar refractivity (Wildman–Crippen MR) is 104 cm³/mol. The molecule has 2 aromatic heterocycles. The molecule has 0 aliphatic carbocycles. The number of amides is 2. The molecule has 0 aliphatic heterocycles. The lowest BCUT2D eigenvalue weighted by atomic mass is 10.2. The number of carboxylic acids is 1. The number of H-pyrrole nitrogens is 1. The van der Waals surface area contributed by atoms with Gasteiger partial charge in [-0.15, -0.1) is 11.3 Å². The van der Waals surface area contributed by atoms with Crippen LogP contribution < -0.4 is 16.2 Å². The first kappa shape index (κ1) is 19.4. The zero-order valence-electron chi connectivity index (χ0n) is 14.0. The minimum absolute atomic E-state index is 0.0804. The molecule has 0 unspecified atom stereocenters. The van der Waals surface area contributed by atoms with E-state index in [0.717, 1.165) is 16.9 Å². The van der Waals surface area contributed by atoms with E-state index in [1.54, 1.807) is 35.7 Å². The number of aromatic nitrogens is 2. The molecule has 28 heavy (non-hydrogen) atoms. The molecule has 0 saturated carbocycles. The molecule has 0 fully saturated rings. The molecular formula is C17H13ClN4O5S. The Hall–Kier alpha value is -3.37. The van der Waals surface area contributed by atoms with Crippen LogP contribution in [-0.4, -0.2) is 32.2 Å². The topological polar surface area (TPSA) is 144 Å². The molecule has 3 rings (SSSR count). The lowest BCUT2D eigenvalue weighted by Gasteiger charge is -2.09. The number of anilines is 1. The number of urea groups is 1. The summed E-state index contributed by atoms with van der Waals surface area (Å²) >= 11 is 6.95. The molecule has 0 radical (unpaired) electrons. The summed E-state index contributed by atoms with van der Waals surface area (Å²) in [6.07, 6.45) is 0. The van der Waals surface area contributed by atoms with Gasteiger partial charge in [-0.05, 0) is 29.1 Å². The van der Waals surface area contributed by atoms with E-state index in [-0.39, 0.29) is 12.4 Å². The number of nitrogens with one attached hydrogen (secondary N) is 3. The number of carboxylic acid groups (broad SMARTS) is 1. The van der Waals surface area contributed by atoms with Crippen molar-refractivity contribution in [2.45, 2.75) is 6.54 Å². The van der Waals surface area contributed by atoms with Crippen molar-refractivity contribution < 1.29 is 19.8 Å². The monoisotopic (exact) mass is 420 g/mol. The Bertz CT molecular complexity index is 1090. The largest absolute Gasteiger partial charge is 0.501 e. The Labute approximate surface area is 166 Å². The van der Waals surface area contributed by atoms with Crippen molar-refractivity contribution in [3.63, 3.8) is 0 Å². The van der Waals surface area contributed by atoms with Gasteiger partial charge in [-0.2, -0.15) is 0 Å². The molecule has 0 atom stereocenters. The van der Waals surface area contributed by atoms with Gasteiger partial charge in [0.05, 0.1) is 10.6 Å². The number of nitrogens with zero attached hydrogens (tertiary/aromatic N) is 1. The van der Waals surface area contributed by atoms with Crippen LogP contribution >= 0.6 is 22.9 Å². The standard InChI is InChI=1S/C17H13ClN4O5S/c18-9-3-1-8(2-4-9)7-19-17(27)20-10-5-6-28-13(10)14-21-11(16(25)26)12(23)15(24)22-14/h1-6,23H,7H2,(H,25,26)(H2,19,20,27)(H,21,22,24). The van der Waals surface area contributed by atoms with E-state index in [1.807, 2.05) is 0 Å². The molecule has 3 aromatic rings. The fourth-order valence-electron chi connectivity index (χ4n) is 2.27. The predicted octanol–water partition coefficient (Wildman–Crippen LogP) is 2.88. The average Bonchev–Trinajstić information content (AvgIpc) is 3.11. The second kappa shape index (κ2) is 8.11.